The highest BCUT2D eigenvalue weighted by atomic mass is 35.5. The van der Waals surface area contributed by atoms with E-state index in [1.54, 1.807) is 23.1 Å². The Balaban J connectivity index is 1.81. The first-order chi connectivity index (χ1) is 10.1. The Morgan fingerprint density at radius 2 is 2.05 bits per heavy atom. The van der Waals surface area contributed by atoms with Gasteiger partial charge in [-0.1, -0.05) is 36.2 Å². The first-order valence-corrected chi connectivity index (χ1v) is 8.20. The number of anilines is 1. The van der Waals surface area contributed by atoms with E-state index in [1.165, 1.54) is 13.0 Å². The molecule has 0 aromatic heterocycles. The fraction of sp³-hybridized carbons (Fsp3) is 0.533. The minimum absolute atomic E-state index is 0.219. The molecule has 0 aliphatic carbocycles. The Labute approximate surface area is 135 Å². The number of rotatable bonds is 4. The van der Waals surface area contributed by atoms with Gasteiger partial charge in [-0.2, -0.15) is 0 Å². The number of benzene rings is 1. The Morgan fingerprint density at radius 3 is 2.71 bits per heavy atom. The average Bonchev–Trinajstić information content (AvgIpc) is 2.46. The molecule has 1 aliphatic rings. The number of hydrogen-bond donors (Lipinski definition) is 3. The van der Waals surface area contributed by atoms with E-state index in [-0.39, 0.29) is 12.1 Å². The molecule has 2 rings (SSSR count). The number of carbonyl (C=O) groups excluding carboxylic acids is 1. The zero-order valence-electron chi connectivity index (χ0n) is 12.2. The summed E-state index contributed by atoms with van der Waals surface area (Å²) in [5.41, 5.74) is 0.538. The van der Waals surface area contributed by atoms with Crippen LogP contribution in [-0.4, -0.2) is 31.7 Å². The molecule has 4 nitrogen and oxygen atoms in total. The number of likely N-dealkylation sites (tertiary alicyclic amines) is 1. The van der Waals surface area contributed by atoms with Gasteiger partial charge >= 0.3 is 6.03 Å². The Kier molecular flexibility index (Phi) is 6.15. The molecule has 0 bridgehead atoms. The van der Waals surface area contributed by atoms with Crippen LogP contribution >= 0.6 is 23.2 Å². The Bertz CT molecular complexity index is 488. The van der Waals surface area contributed by atoms with Gasteiger partial charge in [-0.15, -0.1) is 0 Å². The smallest absolute Gasteiger partial charge is 0.319 e. The van der Waals surface area contributed by atoms with Crippen LogP contribution in [0.15, 0.2) is 18.2 Å². The molecule has 3 N–H and O–H groups in total. The van der Waals surface area contributed by atoms with Crippen molar-refractivity contribution in [3.8, 4) is 0 Å². The van der Waals surface area contributed by atoms with Crippen molar-refractivity contribution in [1.29, 1.82) is 0 Å². The Morgan fingerprint density at radius 1 is 1.33 bits per heavy atom. The predicted molar refractivity (Wildman–Crippen MR) is 87.5 cm³/mol. The molecular weight excluding hydrogens is 309 g/mol. The van der Waals surface area contributed by atoms with Gasteiger partial charge in [0.1, 0.15) is 0 Å². The second kappa shape index (κ2) is 7.87. The third-order valence-corrected chi connectivity index (χ3v) is 4.65. The highest BCUT2D eigenvalue weighted by Gasteiger charge is 2.22. The summed E-state index contributed by atoms with van der Waals surface area (Å²) in [6, 6.07) is 5.21. The van der Waals surface area contributed by atoms with Crippen molar-refractivity contribution in [2.45, 2.75) is 32.2 Å². The number of nitrogens with one attached hydrogen (secondary N) is 3. The molecule has 1 aromatic rings. The highest BCUT2D eigenvalue weighted by molar-refractivity contribution is 6.43. The van der Waals surface area contributed by atoms with Gasteiger partial charge in [0.15, 0.2) is 0 Å². The normalized spacial score (nSPS) is 21.9. The summed E-state index contributed by atoms with van der Waals surface area (Å²) < 4.78 is 0. The number of piperidine rings is 1. The van der Waals surface area contributed by atoms with Crippen LogP contribution in [-0.2, 0) is 0 Å². The van der Waals surface area contributed by atoms with Crippen molar-refractivity contribution in [3.05, 3.63) is 28.2 Å². The van der Waals surface area contributed by atoms with Crippen LogP contribution in [0.3, 0.4) is 0 Å². The number of carbonyl (C=O) groups is 1. The van der Waals surface area contributed by atoms with E-state index >= 15 is 0 Å². The SMILES string of the molecule is CCC[NH+]1CCC(NC(=O)Nc2cccc(Cl)c2Cl)CC1. The summed E-state index contributed by atoms with van der Waals surface area (Å²) in [5.74, 6) is 0. The third kappa shape index (κ3) is 4.77. The van der Waals surface area contributed by atoms with Gasteiger partial charge < -0.3 is 15.5 Å². The lowest BCUT2D eigenvalue weighted by atomic mass is 10.1. The number of halogens is 2. The van der Waals surface area contributed by atoms with Crippen molar-refractivity contribution < 1.29 is 9.69 Å². The highest BCUT2D eigenvalue weighted by Crippen LogP contribution is 2.29. The molecule has 0 spiro atoms. The van der Waals surface area contributed by atoms with Crippen LogP contribution < -0.4 is 15.5 Å². The maximum absolute atomic E-state index is 12.0. The van der Waals surface area contributed by atoms with E-state index in [4.69, 9.17) is 23.2 Å². The molecule has 1 fully saturated rings. The fourth-order valence-electron chi connectivity index (χ4n) is 2.72. The number of quaternary nitrogens is 1. The van der Waals surface area contributed by atoms with Gasteiger partial charge in [0.05, 0.1) is 35.4 Å². The lowest BCUT2D eigenvalue weighted by molar-refractivity contribution is -0.905. The van der Waals surface area contributed by atoms with Gasteiger partial charge in [0, 0.05) is 18.9 Å². The predicted octanol–water partition coefficient (Wildman–Crippen LogP) is 2.57. The topological polar surface area (TPSA) is 45.6 Å². The van der Waals surface area contributed by atoms with Gasteiger partial charge in [0.2, 0.25) is 0 Å². The van der Waals surface area contributed by atoms with Crippen molar-refractivity contribution in [1.82, 2.24) is 5.32 Å². The van der Waals surface area contributed by atoms with E-state index in [2.05, 4.69) is 17.6 Å². The Hall–Kier alpha value is -0.970. The maximum Gasteiger partial charge on any atom is 0.319 e. The monoisotopic (exact) mass is 330 g/mol. The van der Waals surface area contributed by atoms with E-state index in [0.29, 0.717) is 15.7 Å². The summed E-state index contributed by atoms with van der Waals surface area (Å²) >= 11 is 12.0. The standard InChI is InChI=1S/C15H21Cl2N3O/c1-2-8-20-9-6-11(7-10-20)18-15(21)19-13-5-3-4-12(16)14(13)17/h3-5,11H,2,6-10H2,1H3,(H2,18,19,21)/p+1. The zero-order valence-corrected chi connectivity index (χ0v) is 13.7. The van der Waals surface area contributed by atoms with Crippen molar-refractivity contribution in [2.24, 2.45) is 0 Å². The van der Waals surface area contributed by atoms with Crippen LogP contribution in [0.1, 0.15) is 26.2 Å². The van der Waals surface area contributed by atoms with E-state index in [0.717, 1.165) is 25.9 Å². The summed E-state index contributed by atoms with van der Waals surface area (Å²) in [6.45, 7) is 5.67. The third-order valence-electron chi connectivity index (χ3n) is 3.83. The molecule has 2 amide bonds. The molecule has 1 saturated heterocycles. The maximum atomic E-state index is 12.0. The van der Waals surface area contributed by atoms with E-state index in [9.17, 15) is 4.79 Å². The van der Waals surface area contributed by atoms with Gasteiger partial charge in [-0.25, -0.2) is 4.79 Å². The molecule has 0 atom stereocenters. The number of amides is 2. The quantitative estimate of drug-likeness (QED) is 0.780. The minimum Gasteiger partial charge on any atom is -0.335 e. The van der Waals surface area contributed by atoms with E-state index in [1.807, 2.05) is 0 Å². The van der Waals surface area contributed by atoms with Crippen LogP contribution in [0.4, 0.5) is 10.5 Å². The van der Waals surface area contributed by atoms with Crippen molar-refractivity contribution in [3.63, 3.8) is 0 Å². The zero-order chi connectivity index (χ0) is 15.2. The van der Waals surface area contributed by atoms with Crippen molar-refractivity contribution in [2.75, 3.05) is 25.0 Å². The molecule has 6 heteroatoms. The first-order valence-electron chi connectivity index (χ1n) is 7.45. The summed E-state index contributed by atoms with van der Waals surface area (Å²) in [7, 11) is 0. The molecule has 116 valence electrons. The van der Waals surface area contributed by atoms with Crippen LogP contribution in [0.25, 0.3) is 0 Å². The minimum atomic E-state index is -0.219. The number of urea groups is 1. The van der Waals surface area contributed by atoms with Crippen LogP contribution in [0.5, 0.6) is 0 Å². The van der Waals surface area contributed by atoms with Crippen LogP contribution in [0, 0.1) is 0 Å². The molecule has 1 heterocycles. The number of hydrogen-bond acceptors (Lipinski definition) is 1. The second-order valence-electron chi connectivity index (χ2n) is 5.47. The molecule has 0 saturated carbocycles. The van der Waals surface area contributed by atoms with Gasteiger partial charge in [0.25, 0.3) is 0 Å². The lowest BCUT2D eigenvalue weighted by Gasteiger charge is -2.29. The molecule has 0 unspecified atom stereocenters. The summed E-state index contributed by atoms with van der Waals surface area (Å²) in [4.78, 5) is 13.7. The molecule has 1 aromatic carbocycles. The van der Waals surface area contributed by atoms with Gasteiger partial charge in [-0.05, 0) is 18.6 Å². The lowest BCUT2D eigenvalue weighted by Crippen LogP contribution is -3.13. The summed E-state index contributed by atoms with van der Waals surface area (Å²) in [5, 5.41) is 6.58. The molecule has 0 radical (unpaired) electrons. The summed E-state index contributed by atoms with van der Waals surface area (Å²) in [6.07, 6.45) is 3.25. The largest absolute Gasteiger partial charge is 0.335 e. The van der Waals surface area contributed by atoms with E-state index < -0.39 is 0 Å². The molecule has 21 heavy (non-hydrogen) atoms. The molecule has 1 aliphatic heterocycles. The first kappa shape index (κ1) is 16.4. The fourth-order valence-corrected chi connectivity index (χ4v) is 3.07. The average molecular weight is 331 g/mol. The van der Waals surface area contributed by atoms with Crippen LogP contribution in [0.2, 0.25) is 10.0 Å². The molecular formula is C15H22Cl2N3O+. The second-order valence-corrected chi connectivity index (χ2v) is 6.26. The van der Waals surface area contributed by atoms with Crippen molar-refractivity contribution >= 4 is 34.9 Å². The van der Waals surface area contributed by atoms with Gasteiger partial charge in [-0.3, -0.25) is 0 Å².